The lowest BCUT2D eigenvalue weighted by Crippen LogP contribution is -2.50. The van der Waals surface area contributed by atoms with E-state index in [-0.39, 0.29) is 23.6 Å². The van der Waals surface area contributed by atoms with Gasteiger partial charge in [0.15, 0.2) is 0 Å². The molecule has 2 aliphatic rings. The van der Waals surface area contributed by atoms with E-state index in [0.717, 1.165) is 31.2 Å². The van der Waals surface area contributed by atoms with Gasteiger partial charge in [0.05, 0.1) is 17.9 Å². The predicted molar refractivity (Wildman–Crippen MR) is 104 cm³/mol. The molecule has 1 amide bonds. The van der Waals surface area contributed by atoms with Gasteiger partial charge in [-0.05, 0) is 31.2 Å². The lowest BCUT2D eigenvalue weighted by molar-refractivity contribution is -0.141. The summed E-state index contributed by atoms with van der Waals surface area (Å²) < 4.78 is 26.8. The number of likely N-dealkylation sites (N-methyl/N-ethyl adjacent to an activating group) is 1. The van der Waals surface area contributed by atoms with Crippen molar-refractivity contribution in [2.45, 2.75) is 56.4 Å². The zero-order valence-corrected chi connectivity index (χ0v) is 16.8. The van der Waals surface area contributed by atoms with Crippen LogP contribution in [0.5, 0.6) is 0 Å². The maximum Gasteiger partial charge on any atom is 0.225 e. The van der Waals surface area contributed by atoms with Crippen LogP contribution < -0.4 is 0 Å². The second-order valence-corrected chi connectivity index (χ2v) is 9.75. The first-order chi connectivity index (χ1) is 12.9. The third-order valence-electron chi connectivity index (χ3n) is 5.93. The van der Waals surface area contributed by atoms with E-state index in [4.69, 9.17) is 0 Å². The Hall–Kier alpha value is -1.44. The van der Waals surface area contributed by atoms with Crippen molar-refractivity contribution in [1.82, 2.24) is 9.21 Å². The van der Waals surface area contributed by atoms with E-state index in [2.05, 4.69) is 0 Å². The Labute approximate surface area is 162 Å². The highest BCUT2D eigenvalue weighted by atomic mass is 32.2. The highest BCUT2D eigenvalue weighted by Crippen LogP contribution is 2.27. The molecule has 1 saturated heterocycles. The molecule has 0 bridgehead atoms. The first-order valence-electron chi connectivity index (χ1n) is 9.85. The van der Waals surface area contributed by atoms with Crippen molar-refractivity contribution in [3.8, 4) is 0 Å². The molecule has 1 aromatic carbocycles. The van der Waals surface area contributed by atoms with Crippen LogP contribution in [0.2, 0.25) is 0 Å². The van der Waals surface area contributed by atoms with Gasteiger partial charge < -0.3 is 10.0 Å². The Bertz CT molecular complexity index is 730. The standard InChI is InChI=1S/C20H30N2O4S/c1-21(18-9-5-6-10-19(18)23)20(24)17-11-13-22(14-12-17)27(25,26)15-16-7-3-2-4-8-16/h2-4,7-8,17-19,23H,5-6,9-15H2,1H3/t18-,19-/m1/s1. The molecule has 7 heteroatoms. The van der Waals surface area contributed by atoms with Crippen LogP contribution in [0, 0.1) is 5.92 Å². The van der Waals surface area contributed by atoms with E-state index in [1.54, 1.807) is 11.9 Å². The van der Waals surface area contributed by atoms with Crippen molar-refractivity contribution >= 4 is 15.9 Å². The molecular weight excluding hydrogens is 364 g/mol. The van der Waals surface area contributed by atoms with Crippen LogP contribution in [0.15, 0.2) is 30.3 Å². The average molecular weight is 395 g/mol. The van der Waals surface area contributed by atoms with E-state index in [1.165, 1.54) is 4.31 Å². The summed E-state index contributed by atoms with van der Waals surface area (Å²) in [5.41, 5.74) is 0.779. The number of aliphatic hydroxyl groups excluding tert-OH is 1. The van der Waals surface area contributed by atoms with Crippen LogP contribution >= 0.6 is 0 Å². The normalized spacial score (nSPS) is 25.3. The van der Waals surface area contributed by atoms with Gasteiger partial charge in [0.2, 0.25) is 15.9 Å². The summed E-state index contributed by atoms with van der Waals surface area (Å²) in [6.45, 7) is 0.763. The van der Waals surface area contributed by atoms with Crippen LogP contribution in [0.1, 0.15) is 44.1 Å². The number of rotatable bonds is 5. The summed E-state index contributed by atoms with van der Waals surface area (Å²) in [6, 6.07) is 9.08. The summed E-state index contributed by atoms with van der Waals surface area (Å²) in [7, 11) is -1.59. The maximum absolute atomic E-state index is 12.8. The molecule has 1 aliphatic carbocycles. The van der Waals surface area contributed by atoms with Crippen molar-refractivity contribution in [1.29, 1.82) is 0 Å². The zero-order chi connectivity index (χ0) is 19.4. The van der Waals surface area contributed by atoms with Gasteiger partial charge in [-0.15, -0.1) is 0 Å². The van der Waals surface area contributed by atoms with E-state index in [0.29, 0.717) is 25.9 Å². The molecule has 1 heterocycles. The number of carbonyl (C=O) groups excluding carboxylic acids is 1. The molecule has 1 saturated carbocycles. The third-order valence-corrected chi connectivity index (χ3v) is 7.78. The number of carbonyl (C=O) groups is 1. The number of nitrogens with zero attached hydrogens (tertiary/aromatic N) is 2. The molecule has 6 nitrogen and oxygen atoms in total. The minimum Gasteiger partial charge on any atom is -0.391 e. The van der Waals surface area contributed by atoms with Gasteiger partial charge in [0.25, 0.3) is 0 Å². The molecule has 150 valence electrons. The molecule has 1 N–H and O–H groups in total. The van der Waals surface area contributed by atoms with Crippen molar-refractivity contribution < 1.29 is 18.3 Å². The third kappa shape index (κ3) is 4.89. The summed E-state index contributed by atoms with van der Waals surface area (Å²) in [5, 5.41) is 10.2. The molecule has 2 fully saturated rings. The van der Waals surface area contributed by atoms with Crippen molar-refractivity contribution in [3.05, 3.63) is 35.9 Å². The molecule has 0 radical (unpaired) electrons. The van der Waals surface area contributed by atoms with Gasteiger partial charge in [0, 0.05) is 26.1 Å². The van der Waals surface area contributed by atoms with Crippen molar-refractivity contribution in [2.24, 2.45) is 5.92 Å². The Balaban J connectivity index is 1.55. The van der Waals surface area contributed by atoms with Gasteiger partial charge in [-0.1, -0.05) is 43.2 Å². The summed E-state index contributed by atoms with van der Waals surface area (Å²) in [5.74, 6) is -0.117. The summed E-state index contributed by atoms with van der Waals surface area (Å²) in [6.07, 6.45) is 4.28. The quantitative estimate of drug-likeness (QED) is 0.828. The lowest BCUT2D eigenvalue weighted by atomic mass is 9.89. The fourth-order valence-electron chi connectivity index (χ4n) is 4.25. The molecule has 0 aromatic heterocycles. The van der Waals surface area contributed by atoms with Gasteiger partial charge in [-0.2, -0.15) is 0 Å². The van der Waals surface area contributed by atoms with E-state index < -0.39 is 16.1 Å². The number of hydrogen-bond acceptors (Lipinski definition) is 4. The number of aliphatic hydroxyl groups is 1. The number of benzene rings is 1. The monoisotopic (exact) mass is 394 g/mol. The molecule has 27 heavy (non-hydrogen) atoms. The minimum atomic E-state index is -3.37. The number of piperidine rings is 1. The van der Waals surface area contributed by atoms with E-state index in [9.17, 15) is 18.3 Å². The molecule has 1 aromatic rings. The van der Waals surface area contributed by atoms with Crippen LogP contribution in [0.25, 0.3) is 0 Å². The smallest absolute Gasteiger partial charge is 0.225 e. The second-order valence-electron chi connectivity index (χ2n) is 7.78. The molecule has 1 aliphatic heterocycles. The molecular formula is C20H30N2O4S. The average Bonchev–Trinajstić information content (AvgIpc) is 2.68. The summed E-state index contributed by atoms with van der Waals surface area (Å²) >= 11 is 0. The first-order valence-corrected chi connectivity index (χ1v) is 11.5. The first kappa shape index (κ1) is 20.3. The van der Waals surface area contributed by atoms with Crippen LogP contribution in [-0.2, 0) is 20.6 Å². The Morgan fingerprint density at radius 1 is 1.11 bits per heavy atom. The number of amides is 1. The van der Waals surface area contributed by atoms with Gasteiger partial charge in [-0.3, -0.25) is 4.79 Å². The predicted octanol–water partition coefficient (Wildman–Crippen LogP) is 1.99. The number of hydrogen-bond donors (Lipinski definition) is 1. The number of sulfonamides is 1. The highest BCUT2D eigenvalue weighted by Gasteiger charge is 2.36. The topological polar surface area (TPSA) is 77.9 Å². The zero-order valence-electron chi connectivity index (χ0n) is 16.0. The Kier molecular flexibility index (Phi) is 6.55. The fourth-order valence-corrected chi connectivity index (χ4v) is 5.82. The maximum atomic E-state index is 12.8. The Morgan fingerprint density at radius 2 is 1.74 bits per heavy atom. The van der Waals surface area contributed by atoms with Gasteiger partial charge in [-0.25, -0.2) is 12.7 Å². The van der Waals surface area contributed by atoms with Gasteiger partial charge >= 0.3 is 0 Å². The van der Waals surface area contributed by atoms with Crippen LogP contribution in [-0.4, -0.2) is 60.9 Å². The summed E-state index contributed by atoms with van der Waals surface area (Å²) in [4.78, 5) is 14.5. The molecule has 2 atom stereocenters. The highest BCUT2D eigenvalue weighted by molar-refractivity contribution is 7.88. The van der Waals surface area contributed by atoms with Gasteiger partial charge in [0.1, 0.15) is 0 Å². The molecule has 3 rings (SSSR count). The molecule has 0 spiro atoms. The van der Waals surface area contributed by atoms with Crippen LogP contribution in [0.3, 0.4) is 0 Å². The Morgan fingerprint density at radius 3 is 2.37 bits per heavy atom. The largest absolute Gasteiger partial charge is 0.391 e. The van der Waals surface area contributed by atoms with E-state index in [1.807, 2.05) is 30.3 Å². The SMILES string of the molecule is CN(C(=O)C1CCN(S(=O)(=O)Cc2ccccc2)CC1)[C@@H]1CCCC[C@H]1O. The lowest BCUT2D eigenvalue weighted by Gasteiger charge is -2.38. The second kappa shape index (κ2) is 8.71. The molecule has 0 unspecified atom stereocenters. The van der Waals surface area contributed by atoms with Crippen molar-refractivity contribution in [3.63, 3.8) is 0 Å². The van der Waals surface area contributed by atoms with E-state index >= 15 is 0 Å². The van der Waals surface area contributed by atoms with Crippen LogP contribution in [0.4, 0.5) is 0 Å². The fraction of sp³-hybridized carbons (Fsp3) is 0.650. The van der Waals surface area contributed by atoms with Crippen molar-refractivity contribution in [2.75, 3.05) is 20.1 Å². The minimum absolute atomic E-state index is 0.000617.